The van der Waals surface area contributed by atoms with E-state index < -0.39 is 5.97 Å². The van der Waals surface area contributed by atoms with Crippen LogP contribution in [0.1, 0.15) is 27.7 Å². The zero-order valence-corrected chi connectivity index (χ0v) is 8.16. The number of aliphatic carboxylic acids is 1. The van der Waals surface area contributed by atoms with Crippen molar-refractivity contribution in [1.29, 1.82) is 0 Å². The van der Waals surface area contributed by atoms with Crippen LogP contribution in [0.4, 0.5) is 0 Å². The van der Waals surface area contributed by atoms with Crippen molar-refractivity contribution in [3.05, 3.63) is 0 Å². The van der Waals surface area contributed by atoms with E-state index in [0.29, 0.717) is 0 Å². The highest BCUT2D eigenvalue weighted by atomic mass is 35.5. The molecule has 0 saturated heterocycles. The molecule has 1 saturated carbocycles. The Bertz CT molecular complexity index is 171. The molecule has 0 spiro atoms. The third-order valence-corrected chi connectivity index (χ3v) is 3.27. The maximum absolute atomic E-state index is 10.6. The zero-order chi connectivity index (χ0) is 8.15. The Labute approximate surface area is 73.4 Å². The van der Waals surface area contributed by atoms with E-state index in [1.165, 1.54) is 0 Å². The average Bonchev–Trinajstić information content (AvgIpc) is 1.97. The van der Waals surface area contributed by atoms with Crippen molar-refractivity contribution in [2.75, 3.05) is 0 Å². The lowest BCUT2D eigenvalue weighted by molar-refractivity contribution is -0.139. The molecule has 3 heteroatoms. The molecule has 0 aromatic heterocycles. The Balaban J connectivity index is 0.000001000. The highest BCUT2D eigenvalue weighted by molar-refractivity contribution is 5.85. The van der Waals surface area contributed by atoms with Gasteiger partial charge in [0.2, 0.25) is 0 Å². The summed E-state index contributed by atoms with van der Waals surface area (Å²) in [7, 11) is 0. The molecule has 0 unspecified atom stereocenters. The van der Waals surface area contributed by atoms with Gasteiger partial charge in [0.05, 0.1) is 5.92 Å². The molecule has 0 radical (unpaired) electrons. The van der Waals surface area contributed by atoms with Crippen LogP contribution in [0.5, 0.6) is 0 Å². The fourth-order valence-corrected chi connectivity index (χ4v) is 1.81. The summed E-state index contributed by atoms with van der Waals surface area (Å²) in [5, 5.41) is 8.72. The highest BCUT2D eigenvalue weighted by Crippen LogP contribution is 2.68. The van der Waals surface area contributed by atoms with Crippen molar-refractivity contribution in [2.45, 2.75) is 27.7 Å². The normalized spacial score (nSPS) is 25.5. The van der Waals surface area contributed by atoms with E-state index in [1.54, 1.807) is 0 Å². The second kappa shape index (κ2) is 2.37. The van der Waals surface area contributed by atoms with Gasteiger partial charge in [-0.3, -0.25) is 4.79 Å². The quantitative estimate of drug-likeness (QED) is 0.669. The topological polar surface area (TPSA) is 37.3 Å². The second-order valence-electron chi connectivity index (χ2n) is 4.21. The van der Waals surface area contributed by atoms with E-state index in [-0.39, 0.29) is 29.2 Å². The SMILES string of the molecule is CC1(C)C(C(=O)O)C1(C)C.Cl. The van der Waals surface area contributed by atoms with Crippen LogP contribution in [0.3, 0.4) is 0 Å². The van der Waals surface area contributed by atoms with Gasteiger partial charge in [0, 0.05) is 0 Å². The number of carbonyl (C=O) groups is 1. The van der Waals surface area contributed by atoms with Gasteiger partial charge in [-0.2, -0.15) is 0 Å². The lowest BCUT2D eigenvalue weighted by atomic mass is 10.0. The number of carboxylic acid groups (broad SMARTS) is 1. The summed E-state index contributed by atoms with van der Waals surface area (Å²) in [6.45, 7) is 8.02. The van der Waals surface area contributed by atoms with Crippen molar-refractivity contribution in [2.24, 2.45) is 16.7 Å². The van der Waals surface area contributed by atoms with E-state index in [9.17, 15) is 4.79 Å². The van der Waals surface area contributed by atoms with Crippen molar-refractivity contribution in [3.8, 4) is 0 Å². The molecule has 1 aliphatic carbocycles. The van der Waals surface area contributed by atoms with E-state index in [4.69, 9.17) is 5.11 Å². The maximum Gasteiger partial charge on any atom is 0.307 e. The predicted molar refractivity (Wildman–Crippen MR) is 45.9 cm³/mol. The molecule has 0 aliphatic heterocycles. The molecule has 0 aromatic rings. The fourth-order valence-electron chi connectivity index (χ4n) is 1.81. The zero-order valence-electron chi connectivity index (χ0n) is 7.34. The van der Waals surface area contributed by atoms with Crippen LogP contribution in [0.2, 0.25) is 0 Å². The minimum Gasteiger partial charge on any atom is -0.481 e. The first-order chi connectivity index (χ1) is 4.32. The fraction of sp³-hybridized carbons (Fsp3) is 0.875. The summed E-state index contributed by atoms with van der Waals surface area (Å²) < 4.78 is 0. The molecule has 11 heavy (non-hydrogen) atoms. The number of carboxylic acids is 1. The van der Waals surface area contributed by atoms with E-state index in [2.05, 4.69) is 0 Å². The van der Waals surface area contributed by atoms with Crippen molar-refractivity contribution < 1.29 is 9.90 Å². The lowest BCUT2D eigenvalue weighted by Gasteiger charge is -2.03. The van der Waals surface area contributed by atoms with Gasteiger partial charge in [0.1, 0.15) is 0 Å². The Morgan fingerprint density at radius 1 is 1.18 bits per heavy atom. The number of rotatable bonds is 1. The molecule has 0 bridgehead atoms. The third kappa shape index (κ3) is 1.13. The molecule has 0 amide bonds. The molecule has 0 heterocycles. The molecule has 1 aliphatic rings. The number of hydrogen-bond donors (Lipinski definition) is 1. The molecule has 1 rings (SSSR count). The first kappa shape index (κ1) is 10.8. The molecular formula is C8H15ClO2. The first-order valence-corrected chi connectivity index (χ1v) is 3.54. The predicted octanol–water partition coefficient (Wildman–Crippen LogP) is 2.18. The van der Waals surface area contributed by atoms with Gasteiger partial charge in [-0.1, -0.05) is 27.7 Å². The summed E-state index contributed by atoms with van der Waals surface area (Å²) in [5.41, 5.74) is -0.0301. The van der Waals surface area contributed by atoms with Crippen LogP contribution >= 0.6 is 12.4 Å². The van der Waals surface area contributed by atoms with Crippen molar-refractivity contribution >= 4 is 18.4 Å². The molecule has 66 valence electrons. The smallest absolute Gasteiger partial charge is 0.307 e. The number of hydrogen-bond acceptors (Lipinski definition) is 1. The van der Waals surface area contributed by atoms with Crippen LogP contribution in [0.25, 0.3) is 0 Å². The van der Waals surface area contributed by atoms with Gasteiger partial charge in [-0.05, 0) is 10.8 Å². The van der Waals surface area contributed by atoms with Crippen LogP contribution in [0.15, 0.2) is 0 Å². The molecule has 1 fully saturated rings. The van der Waals surface area contributed by atoms with Gasteiger partial charge < -0.3 is 5.11 Å². The summed E-state index contributed by atoms with van der Waals surface area (Å²) in [6.07, 6.45) is 0. The third-order valence-electron chi connectivity index (χ3n) is 3.27. The monoisotopic (exact) mass is 178 g/mol. The minimum atomic E-state index is -0.657. The molecule has 0 aromatic carbocycles. The van der Waals surface area contributed by atoms with Crippen molar-refractivity contribution in [1.82, 2.24) is 0 Å². The lowest BCUT2D eigenvalue weighted by Crippen LogP contribution is -2.03. The molecule has 2 nitrogen and oxygen atoms in total. The van der Waals surface area contributed by atoms with E-state index in [0.717, 1.165) is 0 Å². The Kier molecular flexibility index (Phi) is 2.32. The van der Waals surface area contributed by atoms with Gasteiger partial charge in [0.15, 0.2) is 0 Å². The van der Waals surface area contributed by atoms with Crippen LogP contribution in [-0.2, 0) is 4.79 Å². The summed E-state index contributed by atoms with van der Waals surface area (Å²) in [4.78, 5) is 10.6. The molecule has 1 N–H and O–H groups in total. The van der Waals surface area contributed by atoms with E-state index >= 15 is 0 Å². The Morgan fingerprint density at radius 2 is 1.45 bits per heavy atom. The Morgan fingerprint density at radius 3 is 1.45 bits per heavy atom. The average molecular weight is 179 g/mol. The standard InChI is InChI=1S/C8H14O2.ClH/c1-7(2)5(6(9)10)8(7,3)4;/h5H,1-4H3,(H,9,10);1H. The second-order valence-corrected chi connectivity index (χ2v) is 4.21. The van der Waals surface area contributed by atoms with Crippen LogP contribution in [-0.4, -0.2) is 11.1 Å². The molecular weight excluding hydrogens is 164 g/mol. The van der Waals surface area contributed by atoms with Gasteiger partial charge in [-0.15, -0.1) is 12.4 Å². The van der Waals surface area contributed by atoms with E-state index in [1.807, 2.05) is 27.7 Å². The van der Waals surface area contributed by atoms with Crippen LogP contribution in [0, 0.1) is 16.7 Å². The summed E-state index contributed by atoms with van der Waals surface area (Å²) >= 11 is 0. The number of halogens is 1. The maximum atomic E-state index is 10.6. The van der Waals surface area contributed by atoms with Crippen LogP contribution < -0.4 is 0 Å². The Hall–Kier alpha value is -0.240. The van der Waals surface area contributed by atoms with Gasteiger partial charge in [-0.25, -0.2) is 0 Å². The summed E-state index contributed by atoms with van der Waals surface area (Å²) in [6, 6.07) is 0. The van der Waals surface area contributed by atoms with Crippen molar-refractivity contribution in [3.63, 3.8) is 0 Å². The first-order valence-electron chi connectivity index (χ1n) is 3.54. The molecule has 0 atom stereocenters. The largest absolute Gasteiger partial charge is 0.481 e. The van der Waals surface area contributed by atoms with Gasteiger partial charge in [0.25, 0.3) is 0 Å². The highest BCUT2D eigenvalue weighted by Gasteiger charge is 2.68. The summed E-state index contributed by atoms with van der Waals surface area (Å²) in [5.74, 6) is -0.810. The van der Waals surface area contributed by atoms with Gasteiger partial charge >= 0.3 is 5.97 Å². The minimum absolute atomic E-state index is 0.